The summed E-state index contributed by atoms with van der Waals surface area (Å²) in [5, 5.41) is 0. The van der Waals surface area contributed by atoms with Crippen LogP contribution < -0.4 is 4.74 Å². The van der Waals surface area contributed by atoms with Crippen LogP contribution in [-0.2, 0) is 19.3 Å². The molecule has 0 N–H and O–H groups in total. The molecule has 172 valence electrons. The number of ether oxygens (including phenoxy) is 1. The van der Waals surface area contributed by atoms with E-state index in [-0.39, 0.29) is 11.6 Å². The monoisotopic (exact) mass is 454 g/mol. The molecule has 0 atom stereocenters. The highest BCUT2D eigenvalue weighted by molar-refractivity contribution is 5.73. The smallest absolute Gasteiger partial charge is 0.406 e. The van der Waals surface area contributed by atoms with Crippen LogP contribution >= 0.6 is 0 Å². The minimum Gasteiger partial charge on any atom is -0.406 e. The Balaban J connectivity index is 1.49. The van der Waals surface area contributed by atoms with Crippen molar-refractivity contribution in [2.75, 3.05) is 0 Å². The molecule has 0 unspecified atom stereocenters. The van der Waals surface area contributed by atoms with Crippen molar-refractivity contribution in [1.82, 2.24) is 0 Å². The van der Waals surface area contributed by atoms with E-state index in [2.05, 4.69) is 42.0 Å². The highest BCUT2D eigenvalue weighted by Gasteiger charge is 2.31. The molecule has 1 aliphatic rings. The van der Waals surface area contributed by atoms with Crippen LogP contribution in [0.1, 0.15) is 48.4 Å². The topological polar surface area (TPSA) is 9.23 Å². The number of aryl methyl sites for hydroxylation is 1. The second-order valence-electron chi connectivity index (χ2n) is 8.40. The van der Waals surface area contributed by atoms with Gasteiger partial charge < -0.3 is 4.74 Å². The van der Waals surface area contributed by atoms with E-state index >= 15 is 4.39 Å². The average Bonchev–Trinajstić information content (AvgIpc) is 2.79. The first-order chi connectivity index (χ1) is 15.8. The van der Waals surface area contributed by atoms with Crippen molar-refractivity contribution in [1.29, 1.82) is 0 Å². The van der Waals surface area contributed by atoms with Crippen molar-refractivity contribution in [2.24, 2.45) is 0 Å². The van der Waals surface area contributed by atoms with E-state index in [0.717, 1.165) is 17.5 Å². The summed E-state index contributed by atoms with van der Waals surface area (Å²) in [7, 11) is 0. The van der Waals surface area contributed by atoms with Crippen molar-refractivity contribution in [3.8, 4) is 16.9 Å². The Bertz CT molecular complexity index is 1130. The summed E-state index contributed by atoms with van der Waals surface area (Å²) >= 11 is 0. The van der Waals surface area contributed by atoms with Gasteiger partial charge in [-0.1, -0.05) is 74.4 Å². The third-order valence-electron chi connectivity index (χ3n) is 6.07. The van der Waals surface area contributed by atoms with E-state index in [0.29, 0.717) is 29.5 Å². The number of alkyl halides is 3. The van der Waals surface area contributed by atoms with Gasteiger partial charge in [0.15, 0.2) is 0 Å². The van der Waals surface area contributed by atoms with Crippen molar-refractivity contribution >= 4 is 5.57 Å². The zero-order chi connectivity index (χ0) is 23.4. The second-order valence-corrected chi connectivity index (χ2v) is 8.40. The third-order valence-corrected chi connectivity index (χ3v) is 6.07. The highest BCUT2D eigenvalue weighted by atomic mass is 19.4. The summed E-state index contributed by atoms with van der Waals surface area (Å²) in [5.41, 5.74) is 6.15. The lowest BCUT2D eigenvalue weighted by Gasteiger charge is -2.20. The molecule has 33 heavy (non-hydrogen) atoms. The Morgan fingerprint density at radius 3 is 2.21 bits per heavy atom. The van der Waals surface area contributed by atoms with Gasteiger partial charge in [-0.2, -0.15) is 0 Å². The van der Waals surface area contributed by atoms with E-state index in [9.17, 15) is 13.2 Å². The van der Waals surface area contributed by atoms with Crippen LogP contribution in [0, 0.1) is 5.82 Å². The van der Waals surface area contributed by atoms with Crippen LogP contribution in [0.5, 0.6) is 5.75 Å². The minimum absolute atomic E-state index is 0.321. The van der Waals surface area contributed by atoms with E-state index < -0.39 is 6.36 Å². The molecule has 0 bridgehead atoms. The Morgan fingerprint density at radius 1 is 0.848 bits per heavy atom. The number of hydrogen-bond acceptors (Lipinski definition) is 1. The van der Waals surface area contributed by atoms with Crippen molar-refractivity contribution in [3.63, 3.8) is 0 Å². The van der Waals surface area contributed by atoms with Gasteiger partial charge >= 0.3 is 6.36 Å². The Morgan fingerprint density at radius 2 is 1.55 bits per heavy atom. The molecule has 0 aromatic heterocycles. The molecule has 1 aliphatic carbocycles. The van der Waals surface area contributed by atoms with Gasteiger partial charge in [0, 0.05) is 5.56 Å². The third kappa shape index (κ3) is 5.65. The molecule has 3 aromatic rings. The number of unbranched alkanes of at least 4 members (excludes halogenated alkanes) is 2. The van der Waals surface area contributed by atoms with Crippen LogP contribution in [0.3, 0.4) is 0 Å². The van der Waals surface area contributed by atoms with Crippen LogP contribution in [0.4, 0.5) is 17.6 Å². The number of allylic oxidation sites excluding steroid dienone is 2. The Kier molecular flexibility index (Phi) is 6.87. The number of benzene rings is 3. The first-order valence-corrected chi connectivity index (χ1v) is 11.3. The molecule has 0 saturated heterocycles. The van der Waals surface area contributed by atoms with E-state index in [1.165, 1.54) is 54.7 Å². The quantitative estimate of drug-likeness (QED) is 0.258. The molecule has 3 aromatic carbocycles. The average molecular weight is 455 g/mol. The molecule has 0 heterocycles. The zero-order valence-corrected chi connectivity index (χ0v) is 18.5. The van der Waals surface area contributed by atoms with Crippen molar-refractivity contribution in [3.05, 3.63) is 94.8 Å². The van der Waals surface area contributed by atoms with Crippen molar-refractivity contribution < 1.29 is 22.3 Å². The number of halogens is 4. The number of hydrogen-bond donors (Lipinski definition) is 0. The molecular formula is C28H26F4O. The molecule has 1 nitrogen and oxygen atoms in total. The second kappa shape index (κ2) is 9.82. The zero-order valence-electron chi connectivity index (χ0n) is 18.5. The lowest BCUT2D eigenvalue weighted by Crippen LogP contribution is -2.16. The molecule has 0 aliphatic heterocycles. The van der Waals surface area contributed by atoms with E-state index in [4.69, 9.17) is 0 Å². The maximum Gasteiger partial charge on any atom is 0.573 e. The maximum absolute atomic E-state index is 15.3. The van der Waals surface area contributed by atoms with E-state index in [1.807, 2.05) is 6.07 Å². The molecule has 5 heteroatoms. The fourth-order valence-corrected chi connectivity index (χ4v) is 4.29. The molecular weight excluding hydrogens is 428 g/mol. The lowest BCUT2D eigenvalue weighted by atomic mass is 9.85. The normalized spacial score (nSPS) is 13.4. The summed E-state index contributed by atoms with van der Waals surface area (Å²) in [4.78, 5) is 0. The fraction of sp³-hybridized carbons (Fsp3) is 0.286. The molecule has 0 saturated carbocycles. The molecule has 0 radical (unpaired) electrons. The predicted octanol–water partition coefficient (Wildman–Crippen LogP) is 8.31. The standard InChI is InChI=1S/C28H26F4O/c1-2-3-4-5-19-6-8-20(9-7-19)22-12-16-26-23(18-22)13-17-25(27(26)29)21-10-14-24(15-11-21)33-28(30,31)32/h6-15,17H,2-5,16,18H2,1H3. The number of fused-ring (bicyclic) bond motifs is 1. The molecule has 0 fully saturated rings. The summed E-state index contributed by atoms with van der Waals surface area (Å²) in [6.45, 7) is 2.20. The number of rotatable bonds is 7. The fourth-order valence-electron chi connectivity index (χ4n) is 4.29. The Labute approximate surface area is 191 Å². The van der Waals surface area contributed by atoms with Crippen LogP contribution in [-0.4, -0.2) is 6.36 Å². The van der Waals surface area contributed by atoms with Crippen LogP contribution in [0.25, 0.3) is 16.7 Å². The first-order valence-electron chi connectivity index (χ1n) is 11.3. The summed E-state index contributed by atoms with van der Waals surface area (Å²) in [6.07, 6.45) is 3.19. The van der Waals surface area contributed by atoms with Crippen LogP contribution in [0.2, 0.25) is 0 Å². The van der Waals surface area contributed by atoms with Gasteiger partial charge in [0.05, 0.1) is 0 Å². The Hall–Kier alpha value is -3.08. The first kappa shape index (κ1) is 23.1. The summed E-state index contributed by atoms with van der Waals surface area (Å²) < 4.78 is 56.3. The van der Waals surface area contributed by atoms with Gasteiger partial charge in [-0.3, -0.25) is 0 Å². The van der Waals surface area contributed by atoms with Gasteiger partial charge in [-0.15, -0.1) is 13.2 Å². The predicted molar refractivity (Wildman–Crippen MR) is 124 cm³/mol. The van der Waals surface area contributed by atoms with Gasteiger partial charge in [0.2, 0.25) is 0 Å². The largest absolute Gasteiger partial charge is 0.573 e. The molecule has 0 amide bonds. The lowest BCUT2D eigenvalue weighted by molar-refractivity contribution is -0.274. The summed E-state index contributed by atoms with van der Waals surface area (Å²) in [6, 6.07) is 17.6. The van der Waals surface area contributed by atoms with Gasteiger partial charge in [-0.25, -0.2) is 4.39 Å². The van der Waals surface area contributed by atoms with Gasteiger partial charge in [-0.05, 0) is 71.2 Å². The molecule has 4 rings (SSSR count). The van der Waals surface area contributed by atoms with Crippen molar-refractivity contribution in [2.45, 2.75) is 51.8 Å². The van der Waals surface area contributed by atoms with E-state index in [1.54, 1.807) is 6.07 Å². The summed E-state index contributed by atoms with van der Waals surface area (Å²) in [5.74, 6) is -0.646. The van der Waals surface area contributed by atoms with Gasteiger partial charge in [0.25, 0.3) is 0 Å². The minimum atomic E-state index is -4.75. The van der Waals surface area contributed by atoms with Crippen LogP contribution in [0.15, 0.2) is 66.7 Å². The highest BCUT2D eigenvalue weighted by Crippen LogP contribution is 2.35. The molecule has 0 spiro atoms. The SMILES string of the molecule is CCCCCc1ccc(C2=CCc3c(ccc(-c4ccc(OC(F)(F)F)cc4)c3F)C2)cc1. The maximum atomic E-state index is 15.3. The van der Waals surface area contributed by atoms with Gasteiger partial charge in [0.1, 0.15) is 11.6 Å².